The molecule has 0 atom stereocenters. The third-order valence-electron chi connectivity index (χ3n) is 3.79. The second-order valence-electron chi connectivity index (χ2n) is 5.39. The molecular formula is C13H20N2O4S2. The van der Waals surface area contributed by atoms with Crippen molar-refractivity contribution in [2.45, 2.75) is 35.4 Å². The molecule has 0 aliphatic heterocycles. The van der Waals surface area contributed by atoms with Crippen LogP contribution < -0.4 is 5.32 Å². The first-order chi connectivity index (χ1) is 9.89. The number of aliphatic hydroxyl groups excluding tert-OH is 1. The number of nitrogens with zero attached hydrogens (tertiary/aromatic N) is 1. The smallest absolute Gasteiger partial charge is 0.252 e. The summed E-state index contributed by atoms with van der Waals surface area (Å²) in [5, 5.41) is 13.9. The Labute approximate surface area is 128 Å². The van der Waals surface area contributed by atoms with Crippen molar-refractivity contribution in [3.05, 3.63) is 17.5 Å². The van der Waals surface area contributed by atoms with Gasteiger partial charge in [-0.05, 0) is 24.3 Å². The lowest BCUT2D eigenvalue weighted by molar-refractivity contribution is -0.123. The summed E-state index contributed by atoms with van der Waals surface area (Å²) in [7, 11) is -2.24. The molecule has 1 aliphatic rings. The van der Waals surface area contributed by atoms with Crippen LogP contribution in [0.3, 0.4) is 0 Å². The van der Waals surface area contributed by atoms with Gasteiger partial charge < -0.3 is 10.4 Å². The maximum atomic E-state index is 12.2. The Morgan fingerprint density at radius 3 is 2.67 bits per heavy atom. The zero-order valence-electron chi connectivity index (χ0n) is 11.9. The van der Waals surface area contributed by atoms with Crippen LogP contribution >= 0.6 is 11.3 Å². The van der Waals surface area contributed by atoms with Crippen molar-refractivity contribution in [2.24, 2.45) is 0 Å². The van der Waals surface area contributed by atoms with Crippen molar-refractivity contribution < 1.29 is 18.3 Å². The van der Waals surface area contributed by atoms with Crippen molar-refractivity contribution >= 4 is 27.3 Å². The van der Waals surface area contributed by atoms with Crippen LogP contribution in [0.15, 0.2) is 21.7 Å². The number of likely N-dealkylation sites (N-methyl/N-ethyl adjacent to an activating group) is 1. The Kier molecular flexibility index (Phi) is 5.03. The molecule has 1 aromatic rings. The number of aliphatic hydroxyl groups is 1. The molecule has 0 saturated heterocycles. The second kappa shape index (κ2) is 6.43. The third kappa shape index (κ3) is 3.63. The number of hydrogen-bond acceptors (Lipinski definition) is 5. The molecule has 0 unspecified atom stereocenters. The van der Waals surface area contributed by atoms with Crippen LogP contribution in [-0.2, 0) is 14.8 Å². The van der Waals surface area contributed by atoms with Gasteiger partial charge in [0.25, 0.3) is 10.0 Å². The van der Waals surface area contributed by atoms with Crippen LogP contribution in [0.25, 0.3) is 0 Å². The lowest BCUT2D eigenvalue weighted by atomic mass is 9.99. The molecule has 118 valence electrons. The Morgan fingerprint density at radius 1 is 1.48 bits per heavy atom. The highest BCUT2D eigenvalue weighted by Crippen LogP contribution is 2.29. The summed E-state index contributed by atoms with van der Waals surface area (Å²) in [6.45, 7) is -0.359. The number of rotatable bonds is 6. The zero-order valence-corrected chi connectivity index (χ0v) is 13.5. The van der Waals surface area contributed by atoms with Crippen LogP contribution in [-0.4, -0.2) is 49.5 Å². The van der Waals surface area contributed by atoms with E-state index in [2.05, 4.69) is 5.32 Å². The van der Waals surface area contributed by atoms with Crippen LogP contribution in [0.2, 0.25) is 0 Å². The first-order valence-corrected chi connectivity index (χ1v) is 9.13. The van der Waals surface area contributed by atoms with Gasteiger partial charge in [0.15, 0.2) is 0 Å². The molecule has 21 heavy (non-hydrogen) atoms. The predicted molar refractivity (Wildman–Crippen MR) is 80.6 cm³/mol. The van der Waals surface area contributed by atoms with Gasteiger partial charge >= 0.3 is 0 Å². The van der Waals surface area contributed by atoms with Gasteiger partial charge in [0.05, 0.1) is 18.7 Å². The summed E-state index contributed by atoms with van der Waals surface area (Å²) >= 11 is 1.12. The standard InChI is InChI=1S/C13H20N2O4S2/c1-15(21(18,19)12-5-4-8-20-12)9-11(17)14-13(10-16)6-2-3-7-13/h4-5,8,16H,2-3,6-7,9-10H2,1H3,(H,14,17). The highest BCUT2D eigenvalue weighted by atomic mass is 32.2. The molecule has 6 nitrogen and oxygen atoms in total. The Balaban J connectivity index is 1.99. The maximum absolute atomic E-state index is 12.2. The molecule has 1 amide bonds. The van der Waals surface area contributed by atoms with Gasteiger partial charge in [0.1, 0.15) is 4.21 Å². The quantitative estimate of drug-likeness (QED) is 0.806. The average Bonchev–Trinajstić information content (AvgIpc) is 3.10. The number of amides is 1. The Morgan fingerprint density at radius 2 is 2.14 bits per heavy atom. The first-order valence-electron chi connectivity index (χ1n) is 6.81. The van der Waals surface area contributed by atoms with Crippen molar-refractivity contribution in [1.29, 1.82) is 0 Å². The van der Waals surface area contributed by atoms with E-state index in [-0.39, 0.29) is 23.3 Å². The van der Waals surface area contributed by atoms with Gasteiger partial charge in [-0.2, -0.15) is 4.31 Å². The fraction of sp³-hybridized carbons (Fsp3) is 0.615. The summed E-state index contributed by atoms with van der Waals surface area (Å²) in [5.41, 5.74) is -0.579. The van der Waals surface area contributed by atoms with Gasteiger partial charge in [-0.3, -0.25) is 4.79 Å². The molecule has 0 spiro atoms. The molecule has 2 N–H and O–H groups in total. The number of carbonyl (C=O) groups excluding carboxylic acids is 1. The molecule has 0 bridgehead atoms. The molecule has 0 aromatic carbocycles. The molecule has 0 radical (unpaired) electrons. The van der Waals surface area contributed by atoms with E-state index in [1.807, 2.05) is 0 Å². The highest BCUT2D eigenvalue weighted by molar-refractivity contribution is 7.91. The topological polar surface area (TPSA) is 86.7 Å². The minimum absolute atomic E-state index is 0.111. The van der Waals surface area contributed by atoms with Crippen LogP contribution in [0.5, 0.6) is 0 Å². The predicted octanol–water partition coefficient (Wildman–Crippen LogP) is 0.790. The normalized spacial score (nSPS) is 18.0. The third-order valence-corrected chi connectivity index (χ3v) is 6.97. The molecule has 1 aliphatic carbocycles. The van der Waals surface area contributed by atoms with E-state index in [9.17, 15) is 18.3 Å². The van der Waals surface area contributed by atoms with Crippen molar-refractivity contribution in [3.63, 3.8) is 0 Å². The van der Waals surface area contributed by atoms with Gasteiger partial charge in [0, 0.05) is 7.05 Å². The van der Waals surface area contributed by atoms with E-state index in [1.165, 1.54) is 13.1 Å². The summed E-state index contributed by atoms with van der Waals surface area (Å²) in [6.07, 6.45) is 3.39. The van der Waals surface area contributed by atoms with E-state index < -0.39 is 15.6 Å². The molecule has 2 rings (SSSR count). The highest BCUT2D eigenvalue weighted by Gasteiger charge is 2.35. The number of hydrogen-bond donors (Lipinski definition) is 2. The van der Waals surface area contributed by atoms with Crippen LogP contribution in [0.1, 0.15) is 25.7 Å². The summed E-state index contributed by atoms with van der Waals surface area (Å²) in [6, 6.07) is 3.17. The van der Waals surface area contributed by atoms with Crippen molar-refractivity contribution in [3.8, 4) is 0 Å². The maximum Gasteiger partial charge on any atom is 0.252 e. The van der Waals surface area contributed by atoms with Gasteiger partial charge in [-0.1, -0.05) is 18.9 Å². The molecular weight excluding hydrogens is 312 g/mol. The van der Waals surface area contributed by atoms with Crippen molar-refractivity contribution in [1.82, 2.24) is 9.62 Å². The first kappa shape index (κ1) is 16.4. The Bertz CT molecular complexity index is 577. The largest absolute Gasteiger partial charge is 0.394 e. The molecule has 1 saturated carbocycles. The number of thiophene rings is 1. The second-order valence-corrected chi connectivity index (χ2v) is 8.61. The fourth-order valence-corrected chi connectivity index (χ4v) is 4.89. The Hall–Kier alpha value is -0.960. The number of nitrogens with one attached hydrogen (secondary N) is 1. The van der Waals surface area contributed by atoms with Crippen LogP contribution in [0.4, 0.5) is 0 Å². The summed E-state index contributed by atoms with van der Waals surface area (Å²) < 4.78 is 25.7. The van der Waals surface area contributed by atoms with E-state index >= 15 is 0 Å². The number of sulfonamides is 1. The monoisotopic (exact) mass is 332 g/mol. The van der Waals surface area contributed by atoms with Crippen LogP contribution in [0, 0.1) is 0 Å². The molecule has 1 heterocycles. The minimum Gasteiger partial charge on any atom is -0.394 e. The fourth-order valence-electron chi connectivity index (χ4n) is 2.56. The average molecular weight is 332 g/mol. The van der Waals surface area contributed by atoms with E-state index in [1.54, 1.807) is 11.4 Å². The van der Waals surface area contributed by atoms with E-state index in [0.29, 0.717) is 0 Å². The van der Waals surface area contributed by atoms with Gasteiger partial charge in [0.2, 0.25) is 5.91 Å². The van der Waals surface area contributed by atoms with Gasteiger partial charge in [-0.25, -0.2) is 8.42 Å². The molecule has 1 aromatic heterocycles. The lowest BCUT2D eigenvalue weighted by Crippen LogP contribution is -2.52. The van der Waals surface area contributed by atoms with Gasteiger partial charge in [-0.15, -0.1) is 11.3 Å². The molecule has 8 heteroatoms. The lowest BCUT2D eigenvalue weighted by Gasteiger charge is -2.28. The number of carbonyl (C=O) groups is 1. The van der Waals surface area contributed by atoms with E-state index in [0.717, 1.165) is 41.3 Å². The zero-order chi connectivity index (χ0) is 15.5. The summed E-state index contributed by atoms with van der Waals surface area (Å²) in [5.74, 6) is -0.381. The SMILES string of the molecule is CN(CC(=O)NC1(CO)CCCC1)S(=O)(=O)c1cccs1. The van der Waals surface area contributed by atoms with Crippen molar-refractivity contribution in [2.75, 3.05) is 20.2 Å². The summed E-state index contributed by atoms with van der Waals surface area (Å²) in [4.78, 5) is 12.1. The molecule has 1 fully saturated rings. The minimum atomic E-state index is -3.62. The van der Waals surface area contributed by atoms with E-state index in [4.69, 9.17) is 0 Å².